The maximum Gasteiger partial charge on any atom is 0.326 e. The smallest absolute Gasteiger partial charge is 0.326 e. The van der Waals surface area contributed by atoms with Crippen LogP contribution in [0.3, 0.4) is 0 Å². The van der Waals surface area contributed by atoms with E-state index in [1.807, 2.05) is 31.2 Å². The Morgan fingerprint density at radius 3 is 2.76 bits per heavy atom. The van der Waals surface area contributed by atoms with Gasteiger partial charge in [-0.25, -0.2) is 4.79 Å². The number of carboxylic acids is 1. The maximum atomic E-state index is 11.8. The van der Waals surface area contributed by atoms with E-state index in [1.54, 1.807) is 7.11 Å². The second kappa shape index (κ2) is 9.00. The minimum atomic E-state index is -0.974. The van der Waals surface area contributed by atoms with Gasteiger partial charge in [-0.05, 0) is 30.5 Å². The molecule has 0 fully saturated rings. The molecule has 5 heteroatoms. The summed E-state index contributed by atoms with van der Waals surface area (Å²) >= 11 is 0. The Morgan fingerprint density at radius 2 is 2.14 bits per heavy atom. The van der Waals surface area contributed by atoms with Gasteiger partial charge in [0.2, 0.25) is 5.91 Å². The minimum Gasteiger partial charge on any atom is -0.497 e. The molecule has 0 radical (unpaired) electrons. The molecule has 0 saturated heterocycles. The summed E-state index contributed by atoms with van der Waals surface area (Å²) in [5.74, 6) is -0.459. The minimum absolute atomic E-state index is 0.235. The molecule has 21 heavy (non-hydrogen) atoms. The summed E-state index contributed by atoms with van der Waals surface area (Å²) in [5, 5.41) is 11.7. The Labute approximate surface area is 125 Å². The van der Waals surface area contributed by atoms with Gasteiger partial charge in [0.15, 0.2) is 0 Å². The van der Waals surface area contributed by atoms with Crippen LogP contribution in [0.1, 0.15) is 38.2 Å². The van der Waals surface area contributed by atoms with Crippen LogP contribution >= 0.6 is 0 Å². The van der Waals surface area contributed by atoms with Gasteiger partial charge in [-0.15, -0.1) is 0 Å². The van der Waals surface area contributed by atoms with Gasteiger partial charge >= 0.3 is 5.97 Å². The molecule has 0 bridgehead atoms. The van der Waals surface area contributed by atoms with Crippen molar-refractivity contribution in [2.75, 3.05) is 7.11 Å². The number of benzene rings is 1. The van der Waals surface area contributed by atoms with Crippen molar-refractivity contribution in [1.82, 2.24) is 5.32 Å². The first-order chi connectivity index (χ1) is 10.1. The van der Waals surface area contributed by atoms with Crippen LogP contribution in [0.25, 0.3) is 0 Å². The first-order valence-electron chi connectivity index (χ1n) is 7.22. The predicted octanol–water partition coefficient (Wildman–Crippen LogP) is 2.39. The number of unbranched alkanes of at least 4 members (excludes halogenated alkanes) is 1. The molecule has 1 amide bonds. The third-order valence-corrected chi connectivity index (χ3v) is 3.25. The highest BCUT2D eigenvalue weighted by Crippen LogP contribution is 2.14. The Kier molecular flexibility index (Phi) is 7.29. The van der Waals surface area contributed by atoms with Crippen LogP contribution in [0.4, 0.5) is 0 Å². The van der Waals surface area contributed by atoms with Gasteiger partial charge in [0, 0.05) is 6.42 Å². The van der Waals surface area contributed by atoms with Crippen molar-refractivity contribution in [2.24, 2.45) is 0 Å². The van der Waals surface area contributed by atoms with Crippen molar-refractivity contribution in [3.8, 4) is 5.75 Å². The van der Waals surface area contributed by atoms with E-state index in [-0.39, 0.29) is 12.3 Å². The van der Waals surface area contributed by atoms with Crippen LogP contribution in [-0.4, -0.2) is 30.1 Å². The zero-order chi connectivity index (χ0) is 15.7. The Hall–Kier alpha value is -2.04. The normalized spacial score (nSPS) is 11.7. The van der Waals surface area contributed by atoms with Crippen LogP contribution in [-0.2, 0) is 16.0 Å². The molecule has 1 aromatic carbocycles. The van der Waals surface area contributed by atoms with Crippen LogP contribution in [0.2, 0.25) is 0 Å². The third kappa shape index (κ3) is 6.29. The number of aryl methyl sites for hydroxylation is 1. The third-order valence-electron chi connectivity index (χ3n) is 3.25. The van der Waals surface area contributed by atoms with Gasteiger partial charge in [-0.2, -0.15) is 0 Å². The van der Waals surface area contributed by atoms with Crippen LogP contribution in [0.15, 0.2) is 24.3 Å². The van der Waals surface area contributed by atoms with E-state index >= 15 is 0 Å². The number of rotatable bonds is 9. The lowest BCUT2D eigenvalue weighted by Gasteiger charge is -2.14. The van der Waals surface area contributed by atoms with E-state index in [2.05, 4.69) is 5.32 Å². The molecule has 0 unspecified atom stereocenters. The number of ether oxygens (including phenoxy) is 1. The summed E-state index contributed by atoms with van der Waals surface area (Å²) in [5.41, 5.74) is 0.991. The molecule has 2 N–H and O–H groups in total. The number of nitrogens with one attached hydrogen (secondary N) is 1. The van der Waals surface area contributed by atoms with E-state index in [4.69, 9.17) is 9.84 Å². The van der Waals surface area contributed by atoms with Gasteiger partial charge < -0.3 is 15.2 Å². The summed E-state index contributed by atoms with van der Waals surface area (Å²) in [6.07, 6.45) is 2.99. The second-order valence-electron chi connectivity index (χ2n) is 4.95. The molecule has 0 aromatic heterocycles. The lowest BCUT2D eigenvalue weighted by molar-refractivity contribution is -0.142. The monoisotopic (exact) mass is 293 g/mol. The average molecular weight is 293 g/mol. The summed E-state index contributed by atoms with van der Waals surface area (Å²) in [6.45, 7) is 1.99. The fourth-order valence-electron chi connectivity index (χ4n) is 2.02. The highest BCUT2D eigenvalue weighted by atomic mass is 16.5. The molecule has 1 rings (SSSR count). The van der Waals surface area contributed by atoms with Crippen molar-refractivity contribution in [2.45, 2.75) is 45.1 Å². The second-order valence-corrected chi connectivity index (χ2v) is 4.95. The molecule has 0 aliphatic carbocycles. The van der Waals surface area contributed by atoms with E-state index in [1.165, 1.54) is 0 Å². The molecule has 0 spiro atoms. The highest BCUT2D eigenvalue weighted by Gasteiger charge is 2.18. The van der Waals surface area contributed by atoms with Gasteiger partial charge in [-0.1, -0.05) is 31.9 Å². The van der Waals surface area contributed by atoms with Crippen LogP contribution in [0, 0.1) is 0 Å². The van der Waals surface area contributed by atoms with Crippen LogP contribution in [0.5, 0.6) is 5.75 Å². The average Bonchev–Trinajstić information content (AvgIpc) is 2.49. The first kappa shape index (κ1) is 17.0. The molecule has 1 aromatic rings. The molecule has 5 nitrogen and oxygen atoms in total. The highest BCUT2D eigenvalue weighted by molar-refractivity contribution is 5.83. The molecule has 1 atom stereocenters. The summed E-state index contributed by atoms with van der Waals surface area (Å²) < 4.78 is 5.12. The number of hydrogen-bond donors (Lipinski definition) is 2. The van der Waals surface area contributed by atoms with Crippen molar-refractivity contribution >= 4 is 11.9 Å². The van der Waals surface area contributed by atoms with Crippen molar-refractivity contribution < 1.29 is 19.4 Å². The lowest BCUT2D eigenvalue weighted by Crippen LogP contribution is -2.40. The predicted molar refractivity (Wildman–Crippen MR) is 80.4 cm³/mol. The van der Waals surface area contributed by atoms with Crippen molar-refractivity contribution in [3.63, 3.8) is 0 Å². The number of carbonyl (C=O) groups is 2. The zero-order valence-corrected chi connectivity index (χ0v) is 12.6. The molecule has 116 valence electrons. The SMILES string of the molecule is CCCC[C@H](NC(=O)CCc1cccc(OC)c1)C(=O)O. The number of aliphatic carboxylic acids is 1. The Bertz CT molecular complexity index is 473. The molecule has 0 aliphatic heterocycles. The Morgan fingerprint density at radius 1 is 1.38 bits per heavy atom. The van der Waals surface area contributed by atoms with Crippen LogP contribution < -0.4 is 10.1 Å². The Balaban J connectivity index is 2.46. The number of carbonyl (C=O) groups excluding carboxylic acids is 1. The van der Waals surface area contributed by atoms with Gasteiger partial charge in [0.05, 0.1) is 7.11 Å². The standard InChI is InChI=1S/C16H23NO4/c1-3-4-8-14(16(19)20)17-15(18)10-9-12-6-5-7-13(11-12)21-2/h5-7,11,14H,3-4,8-10H2,1-2H3,(H,17,18)(H,19,20)/t14-/m0/s1. The van der Waals surface area contributed by atoms with E-state index in [0.29, 0.717) is 12.8 Å². The van der Waals surface area contributed by atoms with Crippen molar-refractivity contribution in [1.29, 1.82) is 0 Å². The molecule has 0 saturated carbocycles. The lowest BCUT2D eigenvalue weighted by atomic mass is 10.1. The maximum absolute atomic E-state index is 11.8. The molecule has 0 heterocycles. The zero-order valence-electron chi connectivity index (χ0n) is 12.6. The van der Waals surface area contributed by atoms with Gasteiger partial charge in [-0.3, -0.25) is 4.79 Å². The quantitative estimate of drug-likeness (QED) is 0.733. The number of hydrogen-bond acceptors (Lipinski definition) is 3. The summed E-state index contributed by atoms with van der Waals surface area (Å²) in [6, 6.07) is 6.71. The summed E-state index contributed by atoms with van der Waals surface area (Å²) in [4.78, 5) is 22.9. The number of carboxylic acid groups (broad SMARTS) is 1. The number of methoxy groups -OCH3 is 1. The van der Waals surface area contributed by atoms with E-state index < -0.39 is 12.0 Å². The number of amides is 1. The fourth-order valence-corrected chi connectivity index (χ4v) is 2.02. The van der Waals surface area contributed by atoms with Gasteiger partial charge in [0.25, 0.3) is 0 Å². The van der Waals surface area contributed by atoms with E-state index in [0.717, 1.165) is 24.2 Å². The summed E-state index contributed by atoms with van der Waals surface area (Å²) in [7, 11) is 1.59. The first-order valence-corrected chi connectivity index (χ1v) is 7.22. The van der Waals surface area contributed by atoms with E-state index in [9.17, 15) is 9.59 Å². The van der Waals surface area contributed by atoms with Crippen molar-refractivity contribution in [3.05, 3.63) is 29.8 Å². The molecule has 0 aliphatic rings. The fraction of sp³-hybridized carbons (Fsp3) is 0.500. The topological polar surface area (TPSA) is 75.6 Å². The van der Waals surface area contributed by atoms with Gasteiger partial charge in [0.1, 0.15) is 11.8 Å². The largest absolute Gasteiger partial charge is 0.497 e. The molecular formula is C16H23NO4. The molecular weight excluding hydrogens is 270 g/mol.